The van der Waals surface area contributed by atoms with Crippen LogP contribution in [0.15, 0.2) is 24.3 Å². The van der Waals surface area contributed by atoms with Crippen molar-refractivity contribution in [3.63, 3.8) is 0 Å². The number of piperazine rings is 1. The minimum absolute atomic E-state index is 0.0939. The molecule has 0 unspecified atom stereocenters. The van der Waals surface area contributed by atoms with Crippen LogP contribution in [0.2, 0.25) is 5.02 Å². The summed E-state index contributed by atoms with van der Waals surface area (Å²) < 4.78 is 1.52. The standard InChI is InChI=1S/C19H22ClN5O2S/c1-3-15-21-19-25(22-15)18(27)17(28-19)16(13-4-6-14(20)7-5-13)24-10-8-23(9-11-24)12(2)26/h4-7,16,27H,3,8-11H2,1-2H3/t16-/m1/s1. The average molecular weight is 420 g/mol. The monoisotopic (exact) mass is 419 g/mol. The van der Waals surface area contributed by atoms with Gasteiger partial charge in [0.25, 0.3) is 0 Å². The maximum atomic E-state index is 11.7. The van der Waals surface area contributed by atoms with E-state index in [9.17, 15) is 9.90 Å². The maximum absolute atomic E-state index is 11.7. The molecule has 2 aromatic heterocycles. The molecule has 9 heteroatoms. The maximum Gasteiger partial charge on any atom is 0.230 e. The zero-order valence-corrected chi connectivity index (χ0v) is 17.4. The lowest BCUT2D eigenvalue weighted by atomic mass is 10.0. The van der Waals surface area contributed by atoms with Gasteiger partial charge < -0.3 is 10.0 Å². The van der Waals surface area contributed by atoms with Crippen LogP contribution in [0.1, 0.15) is 36.2 Å². The molecule has 1 atom stereocenters. The minimum Gasteiger partial charge on any atom is -0.492 e. The van der Waals surface area contributed by atoms with Crippen LogP contribution < -0.4 is 0 Å². The number of benzene rings is 1. The summed E-state index contributed by atoms with van der Waals surface area (Å²) in [5, 5.41) is 16.0. The molecule has 3 aromatic rings. The second-order valence-corrected chi connectivity index (χ2v) is 8.31. The first-order chi connectivity index (χ1) is 13.5. The first kappa shape index (κ1) is 19.2. The van der Waals surface area contributed by atoms with Gasteiger partial charge >= 0.3 is 0 Å². The summed E-state index contributed by atoms with van der Waals surface area (Å²) in [7, 11) is 0. The molecule has 148 valence electrons. The predicted octanol–water partition coefficient (Wildman–Crippen LogP) is 2.97. The lowest BCUT2D eigenvalue weighted by Crippen LogP contribution is -2.49. The lowest BCUT2D eigenvalue weighted by molar-refractivity contribution is -0.130. The number of hydrogen-bond donors (Lipinski definition) is 1. The van der Waals surface area contributed by atoms with Gasteiger partial charge in [-0.3, -0.25) is 9.69 Å². The predicted molar refractivity (Wildman–Crippen MR) is 109 cm³/mol. The molecule has 4 rings (SSSR count). The van der Waals surface area contributed by atoms with Crippen molar-refractivity contribution in [1.29, 1.82) is 0 Å². The molecule has 1 aromatic carbocycles. The number of halogens is 1. The van der Waals surface area contributed by atoms with Crippen LogP contribution in [-0.4, -0.2) is 61.6 Å². The van der Waals surface area contributed by atoms with Crippen molar-refractivity contribution in [2.24, 2.45) is 0 Å². The normalized spacial score (nSPS) is 16.6. The van der Waals surface area contributed by atoms with Crippen molar-refractivity contribution < 1.29 is 9.90 Å². The number of carbonyl (C=O) groups excluding carboxylic acids is 1. The minimum atomic E-state index is -0.148. The van der Waals surface area contributed by atoms with Gasteiger partial charge in [0.05, 0.1) is 10.9 Å². The second-order valence-electron chi connectivity index (χ2n) is 6.86. The zero-order valence-electron chi connectivity index (χ0n) is 15.8. The quantitative estimate of drug-likeness (QED) is 0.703. The lowest BCUT2D eigenvalue weighted by Gasteiger charge is -2.38. The van der Waals surface area contributed by atoms with E-state index >= 15 is 0 Å². The SMILES string of the molecule is CCc1nc2sc([C@@H](c3ccc(Cl)cc3)N3CCN(C(C)=O)CC3)c(O)n2n1. The van der Waals surface area contributed by atoms with Gasteiger partial charge in [-0.1, -0.05) is 42.0 Å². The fourth-order valence-electron chi connectivity index (χ4n) is 3.59. The van der Waals surface area contributed by atoms with Crippen LogP contribution in [0, 0.1) is 0 Å². The molecule has 1 aliphatic heterocycles. The fourth-order valence-corrected chi connectivity index (χ4v) is 4.85. The second kappa shape index (κ2) is 7.69. The third kappa shape index (κ3) is 3.47. The Morgan fingerprint density at radius 3 is 2.50 bits per heavy atom. The summed E-state index contributed by atoms with van der Waals surface area (Å²) in [5.41, 5.74) is 1.04. The molecule has 1 N–H and O–H groups in total. The first-order valence-corrected chi connectivity index (χ1v) is 10.5. The van der Waals surface area contributed by atoms with Crippen LogP contribution in [0.25, 0.3) is 4.96 Å². The number of amides is 1. The summed E-state index contributed by atoms with van der Waals surface area (Å²) in [6.07, 6.45) is 0.719. The number of hydrogen-bond acceptors (Lipinski definition) is 6. The molecule has 1 fully saturated rings. The summed E-state index contributed by atoms with van der Waals surface area (Å²) in [6.45, 7) is 6.37. The van der Waals surface area contributed by atoms with E-state index in [0.717, 1.165) is 30.0 Å². The van der Waals surface area contributed by atoms with Crippen molar-refractivity contribution in [3.05, 3.63) is 45.6 Å². The van der Waals surface area contributed by atoms with Crippen LogP contribution in [0.4, 0.5) is 0 Å². The van der Waals surface area contributed by atoms with Gasteiger partial charge in [-0.25, -0.2) is 4.98 Å². The van der Waals surface area contributed by atoms with E-state index < -0.39 is 0 Å². The van der Waals surface area contributed by atoms with Crippen molar-refractivity contribution in [3.8, 4) is 5.88 Å². The highest BCUT2D eigenvalue weighted by Crippen LogP contribution is 2.40. The Morgan fingerprint density at radius 2 is 1.93 bits per heavy atom. The molecular weight excluding hydrogens is 398 g/mol. The van der Waals surface area contributed by atoms with Gasteiger partial charge in [-0.2, -0.15) is 4.52 Å². The van der Waals surface area contributed by atoms with Gasteiger partial charge in [0.1, 0.15) is 0 Å². The summed E-state index contributed by atoms with van der Waals surface area (Å²) in [4.78, 5) is 21.8. The third-order valence-electron chi connectivity index (χ3n) is 5.12. The average Bonchev–Trinajstić information content (AvgIpc) is 3.23. The van der Waals surface area contributed by atoms with E-state index in [1.54, 1.807) is 6.92 Å². The van der Waals surface area contributed by atoms with Crippen molar-refractivity contribution in [2.75, 3.05) is 26.2 Å². The molecule has 0 aliphatic carbocycles. The summed E-state index contributed by atoms with van der Waals surface area (Å²) >= 11 is 7.54. The molecule has 28 heavy (non-hydrogen) atoms. The number of aromatic hydroxyl groups is 1. The van der Waals surface area contributed by atoms with Crippen LogP contribution >= 0.6 is 22.9 Å². The van der Waals surface area contributed by atoms with Gasteiger partial charge in [0, 0.05) is 44.5 Å². The molecule has 1 saturated heterocycles. The highest BCUT2D eigenvalue weighted by atomic mass is 35.5. The topological polar surface area (TPSA) is 74.0 Å². The van der Waals surface area contributed by atoms with Crippen LogP contribution in [-0.2, 0) is 11.2 Å². The number of aromatic nitrogens is 3. The Kier molecular flexibility index (Phi) is 5.27. The molecule has 3 heterocycles. The number of thiazole rings is 1. The molecule has 0 saturated carbocycles. The number of aryl methyl sites for hydroxylation is 1. The van der Waals surface area contributed by atoms with E-state index in [0.29, 0.717) is 28.9 Å². The van der Waals surface area contributed by atoms with Crippen molar-refractivity contribution in [2.45, 2.75) is 26.3 Å². The Labute approximate surface area is 172 Å². The molecule has 7 nitrogen and oxygen atoms in total. The van der Waals surface area contributed by atoms with E-state index in [-0.39, 0.29) is 17.8 Å². The van der Waals surface area contributed by atoms with Crippen LogP contribution in [0.5, 0.6) is 5.88 Å². The molecule has 0 radical (unpaired) electrons. The smallest absolute Gasteiger partial charge is 0.230 e. The third-order valence-corrected chi connectivity index (χ3v) is 6.44. The van der Waals surface area contributed by atoms with Crippen molar-refractivity contribution >= 4 is 33.8 Å². The Bertz CT molecular complexity index is 992. The van der Waals surface area contributed by atoms with Crippen molar-refractivity contribution in [1.82, 2.24) is 24.4 Å². The van der Waals surface area contributed by atoms with Gasteiger partial charge in [-0.05, 0) is 17.7 Å². The molecule has 1 aliphatic rings. The highest BCUT2D eigenvalue weighted by molar-refractivity contribution is 7.17. The van der Waals surface area contributed by atoms with E-state index in [4.69, 9.17) is 11.6 Å². The summed E-state index contributed by atoms with van der Waals surface area (Å²) in [5.74, 6) is 0.934. The number of rotatable bonds is 4. The number of nitrogens with zero attached hydrogens (tertiary/aromatic N) is 5. The molecule has 1 amide bonds. The Morgan fingerprint density at radius 1 is 1.25 bits per heavy atom. The number of carbonyl (C=O) groups is 1. The number of fused-ring (bicyclic) bond motifs is 1. The van der Waals surface area contributed by atoms with E-state index in [2.05, 4.69) is 15.0 Å². The van der Waals surface area contributed by atoms with Gasteiger partial charge in [0.2, 0.25) is 16.7 Å². The fraction of sp³-hybridized carbons (Fsp3) is 0.421. The summed E-state index contributed by atoms with van der Waals surface area (Å²) in [6, 6.07) is 7.54. The molecule has 0 spiro atoms. The largest absolute Gasteiger partial charge is 0.492 e. The molecular formula is C19H22ClN5O2S. The van der Waals surface area contributed by atoms with Crippen LogP contribution in [0.3, 0.4) is 0 Å². The Hall–Kier alpha value is -2.16. The molecule has 0 bridgehead atoms. The van der Waals surface area contributed by atoms with Gasteiger partial charge in [-0.15, -0.1) is 5.10 Å². The first-order valence-electron chi connectivity index (χ1n) is 9.30. The van der Waals surface area contributed by atoms with Gasteiger partial charge in [0.15, 0.2) is 5.82 Å². The Balaban J connectivity index is 1.73. The highest BCUT2D eigenvalue weighted by Gasteiger charge is 2.32. The van der Waals surface area contributed by atoms with E-state index in [1.165, 1.54) is 15.9 Å². The zero-order chi connectivity index (χ0) is 19.8. The van der Waals surface area contributed by atoms with E-state index in [1.807, 2.05) is 36.1 Å².